The van der Waals surface area contributed by atoms with Crippen molar-refractivity contribution in [2.24, 2.45) is 0 Å². The van der Waals surface area contributed by atoms with Gasteiger partial charge in [0.2, 0.25) is 10.0 Å². The number of amides is 1. The highest BCUT2D eigenvalue weighted by molar-refractivity contribution is 7.89. The smallest absolute Gasteiger partial charge is 0.252 e. The Labute approximate surface area is 172 Å². The van der Waals surface area contributed by atoms with Crippen molar-refractivity contribution < 1.29 is 17.9 Å². The van der Waals surface area contributed by atoms with Crippen molar-refractivity contribution in [2.75, 3.05) is 26.2 Å². The Balaban J connectivity index is 1.52. The molecule has 6 nitrogen and oxygen atoms in total. The first kappa shape index (κ1) is 21.6. The number of carbonyl (C=O) groups excluding carboxylic acids is 1. The lowest BCUT2D eigenvalue weighted by Crippen LogP contribution is -2.29. The Kier molecular flexibility index (Phi) is 7.74. The van der Waals surface area contributed by atoms with Crippen molar-refractivity contribution in [3.8, 4) is 0 Å². The number of benzene rings is 1. The highest BCUT2D eigenvalue weighted by Crippen LogP contribution is 2.25. The Morgan fingerprint density at radius 2 is 1.86 bits per heavy atom. The molecule has 156 valence electrons. The van der Waals surface area contributed by atoms with Gasteiger partial charge in [-0.1, -0.05) is 30.9 Å². The molecule has 1 amide bonds. The molecular formula is C20H29ClN2O4S. The third-order valence-corrected chi connectivity index (χ3v) is 7.62. The second-order valence-corrected chi connectivity index (χ2v) is 9.84. The minimum Gasteiger partial charge on any atom is -0.378 e. The maximum atomic E-state index is 12.7. The van der Waals surface area contributed by atoms with Crippen LogP contribution in [0.1, 0.15) is 61.7 Å². The molecular weight excluding hydrogens is 400 g/mol. The predicted octanol–water partition coefficient (Wildman–Crippen LogP) is 3.59. The Morgan fingerprint density at radius 1 is 1.14 bits per heavy atom. The molecule has 28 heavy (non-hydrogen) atoms. The van der Waals surface area contributed by atoms with E-state index in [1.165, 1.54) is 41.8 Å². The van der Waals surface area contributed by atoms with Crippen LogP contribution in [-0.4, -0.2) is 51.0 Å². The fourth-order valence-electron chi connectivity index (χ4n) is 3.77. The van der Waals surface area contributed by atoms with Crippen LogP contribution in [0.25, 0.3) is 0 Å². The lowest BCUT2D eigenvalue weighted by molar-refractivity contribution is 0.0273. The summed E-state index contributed by atoms with van der Waals surface area (Å²) < 4.78 is 32.7. The van der Waals surface area contributed by atoms with Gasteiger partial charge in [0, 0.05) is 26.2 Å². The van der Waals surface area contributed by atoms with Crippen molar-refractivity contribution in [3.63, 3.8) is 0 Å². The number of nitrogens with zero attached hydrogens (tertiary/aromatic N) is 1. The molecule has 1 heterocycles. The number of rotatable bonds is 8. The molecule has 3 rings (SSSR count). The molecule has 1 saturated heterocycles. The third kappa shape index (κ3) is 5.47. The van der Waals surface area contributed by atoms with Crippen LogP contribution in [0.5, 0.6) is 0 Å². The topological polar surface area (TPSA) is 75.7 Å². The second kappa shape index (κ2) is 10.1. The maximum absolute atomic E-state index is 12.7. The zero-order chi connectivity index (χ0) is 20.0. The van der Waals surface area contributed by atoms with E-state index in [2.05, 4.69) is 5.32 Å². The number of hydrogen-bond donors (Lipinski definition) is 1. The van der Waals surface area contributed by atoms with Crippen LogP contribution in [-0.2, 0) is 14.8 Å². The van der Waals surface area contributed by atoms with E-state index >= 15 is 0 Å². The molecule has 2 fully saturated rings. The summed E-state index contributed by atoms with van der Waals surface area (Å²) in [6.45, 7) is 2.12. The van der Waals surface area contributed by atoms with Gasteiger partial charge in [-0.15, -0.1) is 0 Å². The molecule has 0 aromatic heterocycles. The van der Waals surface area contributed by atoms with Crippen LogP contribution in [0.2, 0.25) is 5.02 Å². The molecule has 1 aliphatic carbocycles. The molecule has 1 aromatic rings. The molecule has 1 saturated carbocycles. The first-order valence-electron chi connectivity index (χ1n) is 10.2. The van der Waals surface area contributed by atoms with Gasteiger partial charge in [0.1, 0.15) is 0 Å². The number of ether oxygens (including phenoxy) is 1. The molecule has 1 aromatic carbocycles. The zero-order valence-corrected chi connectivity index (χ0v) is 17.7. The maximum Gasteiger partial charge on any atom is 0.252 e. The predicted molar refractivity (Wildman–Crippen MR) is 109 cm³/mol. The Hall–Kier alpha value is -1.15. The van der Waals surface area contributed by atoms with Gasteiger partial charge < -0.3 is 10.1 Å². The first-order chi connectivity index (χ1) is 13.5. The summed E-state index contributed by atoms with van der Waals surface area (Å²) in [5, 5.41) is 3.06. The number of nitrogens with one attached hydrogen (secondary N) is 1. The van der Waals surface area contributed by atoms with Crippen LogP contribution in [0.4, 0.5) is 0 Å². The summed E-state index contributed by atoms with van der Waals surface area (Å²) >= 11 is 6.15. The SMILES string of the molecule is O=C(NCCCOC1CCCCC1)c1cc(S(=O)(=O)N2CCCC2)ccc1Cl. The molecule has 1 N–H and O–H groups in total. The van der Waals surface area contributed by atoms with E-state index in [1.54, 1.807) is 0 Å². The fourth-order valence-corrected chi connectivity index (χ4v) is 5.51. The Bertz CT molecular complexity index is 772. The van der Waals surface area contributed by atoms with E-state index in [-0.39, 0.29) is 21.4 Å². The second-order valence-electron chi connectivity index (χ2n) is 7.49. The first-order valence-corrected chi connectivity index (χ1v) is 12.0. The van der Waals surface area contributed by atoms with Gasteiger partial charge in [0.15, 0.2) is 0 Å². The van der Waals surface area contributed by atoms with Crippen LogP contribution in [0, 0.1) is 0 Å². The van der Waals surface area contributed by atoms with Gasteiger partial charge in [-0.2, -0.15) is 4.31 Å². The van der Waals surface area contributed by atoms with Crippen molar-refractivity contribution in [1.29, 1.82) is 0 Å². The van der Waals surface area contributed by atoms with Crippen molar-refractivity contribution in [3.05, 3.63) is 28.8 Å². The summed E-state index contributed by atoms with van der Waals surface area (Å²) in [4.78, 5) is 12.6. The number of carbonyl (C=O) groups is 1. The molecule has 0 unspecified atom stereocenters. The highest BCUT2D eigenvalue weighted by atomic mass is 35.5. The van der Waals surface area contributed by atoms with Crippen LogP contribution >= 0.6 is 11.6 Å². The fraction of sp³-hybridized carbons (Fsp3) is 0.650. The lowest BCUT2D eigenvalue weighted by atomic mass is 9.98. The number of sulfonamides is 1. The molecule has 8 heteroatoms. The number of halogens is 1. The van der Waals surface area contributed by atoms with Gasteiger partial charge in [0.05, 0.1) is 21.6 Å². The third-order valence-electron chi connectivity index (χ3n) is 5.40. The summed E-state index contributed by atoms with van der Waals surface area (Å²) in [6, 6.07) is 4.32. The molecule has 2 aliphatic rings. The van der Waals surface area contributed by atoms with Crippen molar-refractivity contribution in [1.82, 2.24) is 9.62 Å². The summed E-state index contributed by atoms with van der Waals surface area (Å²) in [6.07, 6.45) is 8.81. The van der Waals surface area contributed by atoms with Gasteiger partial charge in [-0.25, -0.2) is 8.42 Å². The van der Waals surface area contributed by atoms with Crippen molar-refractivity contribution >= 4 is 27.5 Å². The monoisotopic (exact) mass is 428 g/mol. The lowest BCUT2D eigenvalue weighted by Gasteiger charge is -2.21. The van der Waals surface area contributed by atoms with Crippen LogP contribution in [0.15, 0.2) is 23.1 Å². The molecule has 0 radical (unpaired) electrons. The van der Waals surface area contributed by atoms with Crippen LogP contribution in [0.3, 0.4) is 0 Å². The molecule has 1 aliphatic heterocycles. The minimum atomic E-state index is -3.58. The van der Waals surface area contributed by atoms with E-state index in [0.29, 0.717) is 38.8 Å². The van der Waals surface area contributed by atoms with E-state index < -0.39 is 10.0 Å². The molecule has 0 bridgehead atoms. The van der Waals surface area contributed by atoms with E-state index in [0.717, 1.165) is 25.7 Å². The summed E-state index contributed by atoms with van der Waals surface area (Å²) in [5.41, 5.74) is 0.190. The highest BCUT2D eigenvalue weighted by Gasteiger charge is 2.28. The normalized spacial score (nSPS) is 19.0. The average Bonchev–Trinajstić information content (AvgIpc) is 3.24. The molecule has 0 atom stereocenters. The minimum absolute atomic E-state index is 0.115. The largest absolute Gasteiger partial charge is 0.378 e. The van der Waals surface area contributed by atoms with E-state index in [1.807, 2.05) is 0 Å². The van der Waals surface area contributed by atoms with Gasteiger partial charge in [-0.3, -0.25) is 4.79 Å². The number of hydrogen-bond acceptors (Lipinski definition) is 4. The zero-order valence-electron chi connectivity index (χ0n) is 16.2. The average molecular weight is 429 g/mol. The van der Waals surface area contributed by atoms with Gasteiger partial charge >= 0.3 is 0 Å². The standard InChI is InChI=1S/C20H29ClN2O4S/c21-19-10-9-17(28(25,26)23-12-4-5-13-23)15-18(19)20(24)22-11-6-14-27-16-7-2-1-3-8-16/h9-10,15-16H,1-8,11-14H2,(H,22,24). The summed E-state index contributed by atoms with van der Waals surface area (Å²) in [5.74, 6) is -0.360. The van der Waals surface area contributed by atoms with Gasteiger partial charge in [0.25, 0.3) is 5.91 Å². The summed E-state index contributed by atoms with van der Waals surface area (Å²) in [7, 11) is -3.58. The van der Waals surface area contributed by atoms with Crippen molar-refractivity contribution in [2.45, 2.75) is 62.4 Å². The van der Waals surface area contributed by atoms with Gasteiger partial charge in [-0.05, 0) is 50.3 Å². The quantitative estimate of drug-likeness (QED) is 0.642. The molecule has 0 spiro atoms. The van der Waals surface area contributed by atoms with Crippen LogP contribution < -0.4 is 5.32 Å². The van der Waals surface area contributed by atoms with E-state index in [4.69, 9.17) is 16.3 Å². The Morgan fingerprint density at radius 3 is 2.57 bits per heavy atom. The van der Waals surface area contributed by atoms with E-state index in [9.17, 15) is 13.2 Å².